The van der Waals surface area contributed by atoms with Crippen LogP contribution in [0.25, 0.3) is 0 Å². The Hall–Kier alpha value is -1.32. The first-order chi connectivity index (χ1) is 9.38. The lowest BCUT2D eigenvalue weighted by Gasteiger charge is -2.65. The van der Waals surface area contributed by atoms with Crippen LogP contribution in [0, 0.1) is 16.7 Å². The van der Waals surface area contributed by atoms with Crippen molar-refractivity contribution in [3.05, 3.63) is 12.4 Å². The summed E-state index contributed by atoms with van der Waals surface area (Å²) < 4.78 is 0. The summed E-state index contributed by atoms with van der Waals surface area (Å²) in [6.07, 6.45) is 11.5. The van der Waals surface area contributed by atoms with Gasteiger partial charge in [0.05, 0.1) is 12.4 Å². The van der Waals surface area contributed by atoms with Crippen LogP contribution >= 0.6 is 0 Å². The van der Waals surface area contributed by atoms with E-state index in [2.05, 4.69) is 29.1 Å². The van der Waals surface area contributed by atoms with Gasteiger partial charge in [0.15, 0.2) is 0 Å². The molecule has 4 nitrogen and oxygen atoms in total. The van der Waals surface area contributed by atoms with Crippen LogP contribution in [0.5, 0.6) is 0 Å². The lowest BCUT2D eigenvalue weighted by atomic mass is 9.43. The van der Waals surface area contributed by atoms with Crippen molar-refractivity contribution >= 4 is 11.6 Å². The van der Waals surface area contributed by atoms with E-state index < -0.39 is 0 Å². The van der Waals surface area contributed by atoms with Gasteiger partial charge in [0.25, 0.3) is 0 Å². The van der Waals surface area contributed by atoms with Gasteiger partial charge in [-0.1, -0.05) is 13.8 Å². The number of hydrogen-bond acceptors (Lipinski definition) is 4. The Morgan fingerprint density at radius 3 is 2.30 bits per heavy atom. The number of nitrogens with one attached hydrogen (secondary N) is 1. The molecule has 0 spiro atoms. The fourth-order valence-electron chi connectivity index (χ4n) is 6.26. The average Bonchev–Trinajstić information content (AvgIpc) is 2.27. The Kier molecular flexibility index (Phi) is 2.27. The van der Waals surface area contributed by atoms with Gasteiger partial charge in [-0.15, -0.1) is 0 Å². The number of anilines is 2. The third-order valence-electron chi connectivity index (χ3n) is 5.69. The second-order valence-electron chi connectivity index (χ2n) is 8.36. The molecule has 4 fully saturated rings. The molecular weight excluding hydrogens is 248 g/mol. The molecule has 1 aromatic rings. The minimum atomic E-state index is 0.230. The molecule has 20 heavy (non-hydrogen) atoms. The standard InChI is InChI=1S/C16H24N4/c1-14-3-11-4-15(2,8-14)10-16(5-11,9-14)20-13-7-18-12(17)6-19-13/h6-7,11H,3-5,8-10H2,1-2H3,(H2,17,18)(H,19,20). The molecule has 0 aliphatic heterocycles. The normalized spacial score (nSPS) is 45.6. The van der Waals surface area contributed by atoms with Gasteiger partial charge in [-0.2, -0.15) is 0 Å². The van der Waals surface area contributed by atoms with Crippen LogP contribution in [0.2, 0.25) is 0 Å². The summed E-state index contributed by atoms with van der Waals surface area (Å²) in [5.41, 5.74) is 6.89. The third kappa shape index (κ3) is 1.88. The average molecular weight is 272 g/mol. The predicted octanol–water partition coefficient (Wildman–Crippen LogP) is 3.22. The van der Waals surface area contributed by atoms with E-state index in [1.807, 2.05) is 0 Å². The molecule has 4 aliphatic rings. The van der Waals surface area contributed by atoms with E-state index in [0.29, 0.717) is 16.6 Å². The van der Waals surface area contributed by atoms with Gasteiger partial charge in [0.2, 0.25) is 0 Å². The highest BCUT2D eigenvalue weighted by atomic mass is 15.1. The van der Waals surface area contributed by atoms with Crippen molar-refractivity contribution in [1.29, 1.82) is 0 Å². The lowest BCUT2D eigenvalue weighted by molar-refractivity contribution is -0.0974. The molecule has 0 saturated heterocycles. The minimum absolute atomic E-state index is 0.230. The smallest absolute Gasteiger partial charge is 0.145 e. The van der Waals surface area contributed by atoms with E-state index in [1.165, 1.54) is 38.5 Å². The molecule has 2 atom stereocenters. The van der Waals surface area contributed by atoms with E-state index in [1.54, 1.807) is 12.4 Å². The zero-order valence-electron chi connectivity index (χ0n) is 12.4. The lowest BCUT2D eigenvalue weighted by Crippen LogP contribution is -2.61. The van der Waals surface area contributed by atoms with Crippen molar-refractivity contribution in [2.24, 2.45) is 16.7 Å². The third-order valence-corrected chi connectivity index (χ3v) is 5.69. The van der Waals surface area contributed by atoms with Crippen molar-refractivity contribution in [2.75, 3.05) is 11.1 Å². The summed E-state index contributed by atoms with van der Waals surface area (Å²) in [6.45, 7) is 4.97. The van der Waals surface area contributed by atoms with Crippen LogP contribution < -0.4 is 11.1 Å². The number of nitrogens with two attached hydrogens (primary N) is 1. The first-order valence-electron chi connectivity index (χ1n) is 7.74. The zero-order valence-corrected chi connectivity index (χ0v) is 12.4. The van der Waals surface area contributed by atoms with Crippen molar-refractivity contribution in [3.8, 4) is 0 Å². The van der Waals surface area contributed by atoms with Gasteiger partial charge in [-0.05, 0) is 55.3 Å². The zero-order chi connectivity index (χ0) is 14.0. The second kappa shape index (κ2) is 3.66. The highest BCUT2D eigenvalue weighted by Crippen LogP contribution is 2.66. The summed E-state index contributed by atoms with van der Waals surface area (Å²) in [7, 11) is 0. The Morgan fingerprint density at radius 2 is 1.75 bits per heavy atom. The molecule has 1 heterocycles. The molecule has 0 amide bonds. The van der Waals surface area contributed by atoms with E-state index in [0.717, 1.165) is 11.7 Å². The summed E-state index contributed by atoms with van der Waals surface area (Å²) in [6, 6.07) is 0. The number of nitrogen functional groups attached to an aromatic ring is 1. The van der Waals surface area contributed by atoms with E-state index in [9.17, 15) is 0 Å². The van der Waals surface area contributed by atoms with Crippen molar-refractivity contribution in [3.63, 3.8) is 0 Å². The molecule has 0 radical (unpaired) electrons. The van der Waals surface area contributed by atoms with Crippen molar-refractivity contribution in [2.45, 2.75) is 57.9 Å². The van der Waals surface area contributed by atoms with Crippen LogP contribution in [0.4, 0.5) is 11.6 Å². The van der Waals surface area contributed by atoms with Gasteiger partial charge in [0.1, 0.15) is 11.6 Å². The quantitative estimate of drug-likeness (QED) is 0.867. The minimum Gasteiger partial charge on any atom is -0.382 e. The molecule has 5 rings (SSSR count). The molecule has 4 saturated carbocycles. The molecule has 0 aromatic carbocycles. The van der Waals surface area contributed by atoms with Gasteiger partial charge in [-0.25, -0.2) is 9.97 Å². The monoisotopic (exact) mass is 272 g/mol. The molecule has 4 aliphatic carbocycles. The maximum atomic E-state index is 5.63. The van der Waals surface area contributed by atoms with Crippen molar-refractivity contribution < 1.29 is 0 Å². The number of hydrogen-bond donors (Lipinski definition) is 2. The molecule has 4 bridgehead atoms. The maximum absolute atomic E-state index is 5.63. The molecule has 2 unspecified atom stereocenters. The number of rotatable bonds is 2. The van der Waals surface area contributed by atoms with E-state index >= 15 is 0 Å². The van der Waals surface area contributed by atoms with E-state index in [4.69, 9.17) is 5.73 Å². The number of nitrogens with zero attached hydrogens (tertiary/aromatic N) is 2. The molecule has 1 aromatic heterocycles. The Labute approximate surface area is 120 Å². The van der Waals surface area contributed by atoms with Crippen LogP contribution in [-0.4, -0.2) is 15.5 Å². The summed E-state index contributed by atoms with van der Waals surface area (Å²) in [4.78, 5) is 8.57. The second-order valence-corrected chi connectivity index (χ2v) is 8.36. The van der Waals surface area contributed by atoms with Crippen LogP contribution in [0.3, 0.4) is 0 Å². The predicted molar refractivity (Wildman–Crippen MR) is 80.2 cm³/mol. The van der Waals surface area contributed by atoms with Gasteiger partial charge in [0, 0.05) is 5.54 Å². The summed E-state index contributed by atoms with van der Waals surface area (Å²) in [5, 5.41) is 3.74. The largest absolute Gasteiger partial charge is 0.382 e. The van der Waals surface area contributed by atoms with Gasteiger partial charge < -0.3 is 11.1 Å². The van der Waals surface area contributed by atoms with Crippen LogP contribution in [0.1, 0.15) is 52.4 Å². The first-order valence-corrected chi connectivity index (χ1v) is 7.74. The first kappa shape index (κ1) is 12.4. The summed E-state index contributed by atoms with van der Waals surface area (Å²) in [5.74, 6) is 2.25. The SMILES string of the molecule is CC12CC3CC(C)(C1)CC(Nc1cnc(N)cn1)(C3)C2. The fraction of sp³-hybridized carbons (Fsp3) is 0.750. The Morgan fingerprint density at radius 1 is 1.05 bits per heavy atom. The molecular formula is C16H24N4. The highest BCUT2D eigenvalue weighted by Gasteiger charge is 2.60. The fourth-order valence-corrected chi connectivity index (χ4v) is 6.26. The molecule has 108 valence electrons. The molecule has 4 heteroatoms. The van der Waals surface area contributed by atoms with Crippen molar-refractivity contribution in [1.82, 2.24) is 9.97 Å². The van der Waals surface area contributed by atoms with Gasteiger partial charge in [-0.3, -0.25) is 0 Å². The number of aromatic nitrogens is 2. The highest BCUT2D eigenvalue weighted by molar-refractivity contribution is 5.40. The maximum Gasteiger partial charge on any atom is 0.145 e. The van der Waals surface area contributed by atoms with E-state index in [-0.39, 0.29) is 5.54 Å². The molecule has 3 N–H and O–H groups in total. The summed E-state index contributed by atoms with van der Waals surface area (Å²) >= 11 is 0. The topological polar surface area (TPSA) is 63.8 Å². The Bertz CT molecular complexity index is 520. The van der Waals surface area contributed by atoms with Gasteiger partial charge >= 0.3 is 0 Å². The van der Waals surface area contributed by atoms with Crippen LogP contribution in [0.15, 0.2) is 12.4 Å². The Balaban J connectivity index is 1.65. The van der Waals surface area contributed by atoms with Crippen LogP contribution in [-0.2, 0) is 0 Å².